The number of halogens is 3. The monoisotopic (exact) mass is 371 g/mol. The summed E-state index contributed by atoms with van der Waals surface area (Å²) < 4.78 is 38.1. The molecule has 1 N–H and O–H groups in total. The first kappa shape index (κ1) is 16.5. The fourth-order valence-corrected chi connectivity index (χ4v) is 3.58. The molecular formula is C14H8F3N3O2S2. The van der Waals surface area contributed by atoms with Gasteiger partial charge in [-0.1, -0.05) is 11.3 Å². The number of nitrogens with zero attached hydrogens (tertiary/aromatic N) is 2. The summed E-state index contributed by atoms with van der Waals surface area (Å²) in [5, 5.41) is 4.22. The normalized spacial score (nSPS) is 11.7. The Morgan fingerprint density at radius 1 is 1.21 bits per heavy atom. The molecule has 0 unspecified atom stereocenters. The standard InChI is InChI=1S/C14H8F3N3O2S2/c1-6-7(2-3-9(18-6)14(15,16)17)11(21)20-13-19-8-4-5-23-10(8)12(22)24-13/h2-5H,1H3,(H,19,20,21). The van der Waals surface area contributed by atoms with Gasteiger partial charge in [-0.25, -0.2) is 9.97 Å². The molecule has 3 aromatic heterocycles. The van der Waals surface area contributed by atoms with Crippen molar-refractivity contribution in [3.05, 3.63) is 50.1 Å². The van der Waals surface area contributed by atoms with E-state index in [0.29, 0.717) is 10.2 Å². The highest BCUT2D eigenvalue weighted by molar-refractivity contribution is 7.21. The van der Waals surface area contributed by atoms with Gasteiger partial charge in [0.15, 0.2) is 5.13 Å². The molecule has 0 atom stereocenters. The zero-order valence-corrected chi connectivity index (χ0v) is 13.6. The number of carbonyl (C=O) groups excluding carboxylic acids is 1. The molecule has 0 bridgehead atoms. The van der Waals surface area contributed by atoms with Crippen LogP contribution in [0.15, 0.2) is 28.4 Å². The van der Waals surface area contributed by atoms with Gasteiger partial charge in [0.25, 0.3) is 10.6 Å². The van der Waals surface area contributed by atoms with Crippen LogP contribution in [-0.2, 0) is 6.18 Å². The average Bonchev–Trinajstić information content (AvgIpc) is 2.95. The number of alkyl halides is 3. The minimum atomic E-state index is -4.58. The van der Waals surface area contributed by atoms with Gasteiger partial charge in [-0.2, -0.15) is 13.2 Å². The van der Waals surface area contributed by atoms with E-state index < -0.39 is 17.8 Å². The van der Waals surface area contributed by atoms with Crippen molar-refractivity contribution in [2.24, 2.45) is 0 Å². The highest BCUT2D eigenvalue weighted by Gasteiger charge is 2.33. The number of hydrogen-bond acceptors (Lipinski definition) is 6. The summed E-state index contributed by atoms with van der Waals surface area (Å²) in [6.45, 7) is 1.31. The Balaban J connectivity index is 1.90. The van der Waals surface area contributed by atoms with Crippen molar-refractivity contribution in [2.75, 3.05) is 5.32 Å². The first-order valence-corrected chi connectivity index (χ1v) is 8.20. The minimum Gasteiger partial charge on any atom is -0.298 e. The second kappa shape index (κ2) is 5.95. The Morgan fingerprint density at radius 3 is 2.62 bits per heavy atom. The van der Waals surface area contributed by atoms with Crippen LogP contribution in [0.1, 0.15) is 21.7 Å². The van der Waals surface area contributed by atoms with Crippen molar-refractivity contribution in [1.82, 2.24) is 9.97 Å². The van der Waals surface area contributed by atoms with E-state index in [4.69, 9.17) is 0 Å². The number of hydrogen-bond donors (Lipinski definition) is 1. The molecule has 0 saturated heterocycles. The molecular weight excluding hydrogens is 363 g/mol. The number of thiophene rings is 1. The van der Waals surface area contributed by atoms with Crippen LogP contribution in [0.3, 0.4) is 0 Å². The topological polar surface area (TPSA) is 72.0 Å². The van der Waals surface area contributed by atoms with Gasteiger partial charge in [-0.3, -0.25) is 14.9 Å². The van der Waals surface area contributed by atoms with Gasteiger partial charge in [0, 0.05) is 0 Å². The third-order valence-electron chi connectivity index (χ3n) is 3.08. The molecule has 0 aliphatic heterocycles. The minimum absolute atomic E-state index is 0.0186. The number of anilines is 1. The van der Waals surface area contributed by atoms with Crippen LogP contribution in [0, 0.1) is 6.92 Å². The fraction of sp³-hybridized carbons (Fsp3) is 0.143. The molecule has 0 radical (unpaired) electrons. The molecule has 0 spiro atoms. The van der Waals surface area contributed by atoms with Crippen molar-refractivity contribution in [1.29, 1.82) is 0 Å². The lowest BCUT2D eigenvalue weighted by molar-refractivity contribution is -0.141. The zero-order chi connectivity index (χ0) is 17.5. The van der Waals surface area contributed by atoms with Gasteiger partial charge < -0.3 is 0 Å². The van der Waals surface area contributed by atoms with Crippen LogP contribution in [0.4, 0.5) is 18.3 Å². The molecule has 0 fully saturated rings. The molecule has 0 aliphatic rings. The maximum absolute atomic E-state index is 12.6. The van der Waals surface area contributed by atoms with E-state index in [0.717, 1.165) is 23.5 Å². The van der Waals surface area contributed by atoms with Crippen LogP contribution in [-0.4, -0.2) is 15.9 Å². The predicted octanol–water partition coefficient (Wildman–Crippen LogP) is 3.69. The first-order chi connectivity index (χ1) is 11.3. The maximum Gasteiger partial charge on any atom is 0.433 e. The first-order valence-electron chi connectivity index (χ1n) is 6.50. The lowest BCUT2D eigenvalue weighted by Gasteiger charge is -2.10. The smallest absolute Gasteiger partial charge is 0.298 e. The Bertz CT molecular complexity index is 995. The summed E-state index contributed by atoms with van der Waals surface area (Å²) in [6, 6.07) is 3.43. The SMILES string of the molecule is Cc1nc(C(F)(F)F)ccc1C(=O)Nc1nc2ccsc2c(=O)s1. The largest absolute Gasteiger partial charge is 0.433 e. The zero-order valence-electron chi connectivity index (χ0n) is 12.0. The summed E-state index contributed by atoms with van der Waals surface area (Å²) in [4.78, 5) is 31.7. The Kier molecular flexibility index (Phi) is 4.10. The van der Waals surface area contributed by atoms with E-state index in [2.05, 4.69) is 15.3 Å². The molecule has 5 nitrogen and oxygen atoms in total. The van der Waals surface area contributed by atoms with Gasteiger partial charge in [0.2, 0.25) is 0 Å². The second-order valence-electron chi connectivity index (χ2n) is 4.72. The lowest BCUT2D eigenvalue weighted by atomic mass is 10.1. The van der Waals surface area contributed by atoms with Gasteiger partial charge in [0.05, 0.1) is 16.8 Å². The molecule has 0 aliphatic carbocycles. The van der Waals surface area contributed by atoms with E-state index in [1.165, 1.54) is 18.3 Å². The van der Waals surface area contributed by atoms with Crippen molar-refractivity contribution >= 4 is 43.9 Å². The highest BCUT2D eigenvalue weighted by Crippen LogP contribution is 2.28. The van der Waals surface area contributed by atoms with Gasteiger partial charge in [-0.15, -0.1) is 11.3 Å². The number of carbonyl (C=O) groups is 1. The summed E-state index contributed by atoms with van der Waals surface area (Å²) in [7, 11) is 0. The van der Waals surface area contributed by atoms with Gasteiger partial charge in [-0.05, 0) is 30.5 Å². The molecule has 124 valence electrons. The van der Waals surface area contributed by atoms with Crippen molar-refractivity contribution in [2.45, 2.75) is 13.1 Å². The number of nitrogens with one attached hydrogen (secondary N) is 1. The summed E-state index contributed by atoms with van der Waals surface area (Å²) >= 11 is 2.01. The third kappa shape index (κ3) is 3.15. The second-order valence-corrected chi connectivity index (χ2v) is 6.60. The van der Waals surface area contributed by atoms with Crippen LogP contribution < -0.4 is 10.1 Å². The number of pyridine rings is 1. The number of aromatic nitrogens is 2. The van der Waals surface area contributed by atoms with Crippen LogP contribution in [0.2, 0.25) is 0 Å². The number of fused-ring (bicyclic) bond motifs is 1. The van der Waals surface area contributed by atoms with E-state index >= 15 is 0 Å². The van der Waals surface area contributed by atoms with Crippen LogP contribution in [0.25, 0.3) is 10.2 Å². The van der Waals surface area contributed by atoms with E-state index in [1.54, 1.807) is 11.4 Å². The third-order valence-corrected chi connectivity index (χ3v) is 4.89. The van der Waals surface area contributed by atoms with Crippen molar-refractivity contribution in [3.8, 4) is 0 Å². The molecule has 3 aromatic rings. The lowest BCUT2D eigenvalue weighted by Crippen LogP contribution is -2.17. The molecule has 3 rings (SSSR count). The summed E-state index contributed by atoms with van der Waals surface area (Å²) in [5.74, 6) is -0.675. The molecule has 24 heavy (non-hydrogen) atoms. The van der Waals surface area contributed by atoms with Crippen LogP contribution >= 0.6 is 22.7 Å². The summed E-state index contributed by atoms with van der Waals surface area (Å²) in [6.07, 6.45) is -4.58. The Morgan fingerprint density at radius 2 is 1.96 bits per heavy atom. The molecule has 1 amide bonds. The number of amides is 1. The quantitative estimate of drug-likeness (QED) is 0.746. The number of aryl methyl sites for hydroxylation is 1. The molecule has 3 heterocycles. The van der Waals surface area contributed by atoms with Crippen molar-refractivity contribution in [3.63, 3.8) is 0 Å². The average molecular weight is 371 g/mol. The maximum atomic E-state index is 12.6. The number of rotatable bonds is 2. The molecule has 0 aromatic carbocycles. The van der Waals surface area contributed by atoms with Crippen LogP contribution in [0.5, 0.6) is 0 Å². The van der Waals surface area contributed by atoms with Crippen molar-refractivity contribution < 1.29 is 18.0 Å². The predicted molar refractivity (Wildman–Crippen MR) is 85.7 cm³/mol. The van der Waals surface area contributed by atoms with E-state index in [-0.39, 0.29) is 21.1 Å². The molecule has 10 heteroatoms. The Labute approximate surface area is 140 Å². The fourth-order valence-electron chi connectivity index (χ4n) is 1.99. The van der Waals surface area contributed by atoms with Gasteiger partial charge >= 0.3 is 6.18 Å². The molecule has 0 saturated carbocycles. The van der Waals surface area contributed by atoms with Gasteiger partial charge in [0.1, 0.15) is 10.4 Å². The Hall–Kier alpha value is -2.33. The van der Waals surface area contributed by atoms with E-state index in [1.807, 2.05) is 0 Å². The highest BCUT2D eigenvalue weighted by atomic mass is 32.1. The summed E-state index contributed by atoms with van der Waals surface area (Å²) in [5.41, 5.74) is -0.693. The van der Waals surface area contributed by atoms with E-state index in [9.17, 15) is 22.8 Å².